The number of hydrogen-bond donors (Lipinski definition) is 1. The van der Waals surface area contributed by atoms with Crippen LogP contribution in [0.1, 0.15) is 29.4 Å². The van der Waals surface area contributed by atoms with Crippen LogP contribution in [0.2, 0.25) is 15.1 Å². The Balaban J connectivity index is 1.53. The van der Waals surface area contributed by atoms with Gasteiger partial charge in [-0.15, -0.1) is 11.3 Å². The standard InChI is InChI=1S/C21H19Cl3N2OS/c1-12-6-8-26(9-7-12)17-5-3-14(11-16(17)23)25-21(27)20-19(24)15-4-2-13(22)10-18(15)28-20/h2-5,10-12H,6-9H2,1H3,(H,25,27). The maximum Gasteiger partial charge on any atom is 0.267 e. The monoisotopic (exact) mass is 452 g/mol. The number of halogens is 3. The lowest BCUT2D eigenvalue weighted by Gasteiger charge is -2.32. The van der Waals surface area contributed by atoms with E-state index in [-0.39, 0.29) is 5.91 Å². The fraction of sp³-hybridized carbons (Fsp3) is 0.286. The van der Waals surface area contributed by atoms with Crippen molar-refractivity contribution in [3.8, 4) is 0 Å². The van der Waals surface area contributed by atoms with Crippen molar-refractivity contribution in [2.45, 2.75) is 19.8 Å². The Hall–Kier alpha value is -1.46. The molecule has 4 rings (SSSR count). The summed E-state index contributed by atoms with van der Waals surface area (Å²) in [4.78, 5) is 15.5. The molecular formula is C21H19Cl3N2OS. The Bertz CT molecular complexity index is 1040. The molecule has 2 heterocycles. The highest BCUT2D eigenvalue weighted by Gasteiger charge is 2.20. The third-order valence-corrected chi connectivity index (χ3v) is 7.32. The zero-order chi connectivity index (χ0) is 19.8. The summed E-state index contributed by atoms with van der Waals surface area (Å²) in [5.41, 5.74) is 1.66. The Morgan fingerprint density at radius 1 is 1.11 bits per heavy atom. The van der Waals surface area contributed by atoms with E-state index in [0.717, 1.165) is 34.8 Å². The molecule has 1 saturated heterocycles. The van der Waals surface area contributed by atoms with E-state index in [0.29, 0.717) is 25.6 Å². The zero-order valence-corrected chi connectivity index (χ0v) is 18.4. The number of nitrogens with zero attached hydrogens (tertiary/aromatic N) is 1. The van der Waals surface area contributed by atoms with Crippen molar-refractivity contribution in [1.82, 2.24) is 0 Å². The van der Waals surface area contributed by atoms with Gasteiger partial charge in [0.25, 0.3) is 5.91 Å². The van der Waals surface area contributed by atoms with E-state index in [9.17, 15) is 4.79 Å². The zero-order valence-electron chi connectivity index (χ0n) is 15.3. The molecule has 146 valence electrons. The number of piperidine rings is 1. The molecule has 1 aliphatic rings. The second-order valence-corrected chi connectivity index (χ2v) is 9.45. The minimum atomic E-state index is -0.252. The first-order chi connectivity index (χ1) is 13.4. The number of amides is 1. The molecule has 0 spiro atoms. The quantitative estimate of drug-likeness (QED) is 0.449. The van der Waals surface area contributed by atoms with E-state index < -0.39 is 0 Å². The maximum absolute atomic E-state index is 12.8. The van der Waals surface area contributed by atoms with Crippen molar-refractivity contribution < 1.29 is 4.79 Å². The summed E-state index contributed by atoms with van der Waals surface area (Å²) < 4.78 is 0.885. The van der Waals surface area contributed by atoms with Crippen LogP contribution in [0.5, 0.6) is 0 Å². The fourth-order valence-electron chi connectivity index (χ4n) is 3.46. The van der Waals surface area contributed by atoms with Crippen LogP contribution in [-0.4, -0.2) is 19.0 Å². The topological polar surface area (TPSA) is 32.3 Å². The van der Waals surface area contributed by atoms with Gasteiger partial charge in [-0.2, -0.15) is 0 Å². The highest BCUT2D eigenvalue weighted by Crippen LogP contribution is 2.37. The largest absolute Gasteiger partial charge is 0.370 e. The SMILES string of the molecule is CC1CCN(c2ccc(NC(=O)c3sc4cc(Cl)ccc4c3Cl)cc2Cl)CC1. The van der Waals surface area contributed by atoms with Crippen LogP contribution < -0.4 is 10.2 Å². The highest BCUT2D eigenvalue weighted by atomic mass is 35.5. The summed E-state index contributed by atoms with van der Waals surface area (Å²) in [6.07, 6.45) is 2.34. The molecule has 2 aromatic carbocycles. The number of anilines is 2. The molecule has 0 bridgehead atoms. The van der Waals surface area contributed by atoms with Gasteiger partial charge in [-0.05, 0) is 49.1 Å². The average molecular weight is 454 g/mol. The van der Waals surface area contributed by atoms with Gasteiger partial charge >= 0.3 is 0 Å². The maximum atomic E-state index is 12.8. The Morgan fingerprint density at radius 2 is 1.86 bits per heavy atom. The third-order valence-electron chi connectivity index (χ3n) is 5.13. The van der Waals surface area contributed by atoms with Gasteiger partial charge in [0, 0.05) is 33.9 Å². The van der Waals surface area contributed by atoms with Crippen LogP contribution in [-0.2, 0) is 0 Å². The van der Waals surface area contributed by atoms with E-state index in [1.807, 2.05) is 24.3 Å². The van der Waals surface area contributed by atoms with Crippen molar-refractivity contribution in [1.29, 1.82) is 0 Å². The molecule has 1 amide bonds. The molecule has 1 N–H and O–H groups in total. The molecule has 0 aliphatic carbocycles. The lowest BCUT2D eigenvalue weighted by molar-refractivity contribution is 0.103. The molecule has 0 unspecified atom stereocenters. The van der Waals surface area contributed by atoms with Crippen LogP contribution in [0.3, 0.4) is 0 Å². The van der Waals surface area contributed by atoms with Crippen molar-refractivity contribution in [2.75, 3.05) is 23.3 Å². The van der Waals surface area contributed by atoms with E-state index in [1.54, 1.807) is 12.1 Å². The average Bonchev–Trinajstić information content (AvgIpc) is 2.99. The number of rotatable bonds is 3. The summed E-state index contributed by atoms with van der Waals surface area (Å²) in [6.45, 7) is 4.30. The minimum Gasteiger partial charge on any atom is -0.370 e. The molecule has 0 saturated carbocycles. The lowest BCUT2D eigenvalue weighted by Crippen LogP contribution is -2.32. The Morgan fingerprint density at radius 3 is 2.57 bits per heavy atom. The van der Waals surface area contributed by atoms with Crippen LogP contribution >= 0.6 is 46.1 Å². The predicted octanol–water partition coefficient (Wildman–Crippen LogP) is 7.35. The van der Waals surface area contributed by atoms with E-state index in [1.165, 1.54) is 24.2 Å². The van der Waals surface area contributed by atoms with Gasteiger partial charge in [0.15, 0.2) is 0 Å². The molecule has 0 radical (unpaired) electrons. The number of benzene rings is 2. The van der Waals surface area contributed by atoms with Crippen molar-refractivity contribution in [3.63, 3.8) is 0 Å². The van der Waals surface area contributed by atoms with E-state index in [2.05, 4.69) is 17.1 Å². The molecular weight excluding hydrogens is 435 g/mol. The predicted molar refractivity (Wildman–Crippen MR) is 122 cm³/mol. The number of thiophene rings is 1. The van der Waals surface area contributed by atoms with Gasteiger partial charge in [0.1, 0.15) is 4.88 Å². The van der Waals surface area contributed by atoms with Crippen molar-refractivity contribution in [3.05, 3.63) is 56.3 Å². The highest BCUT2D eigenvalue weighted by molar-refractivity contribution is 7.21. The number of fused-ring (bicyclic) bond motifs is 1. The van der Waals surface area contributed by atoms with Crippen molar-refractivity contribution in [2.24, 2.45) is 5.92 Å². The molecule has 0 atom stereocenters. The number of nitrogens with one attached hydrogen (secondary N) is 1. The first-order valence-corrected chi connectivity index (χ1v) is 11.1. The van der Waals surface area contributed by atoms with Crippen LogP contribution in [0, 0.1) is 5.92 Å². The van der Waals surface area contributed by atoms with Gasteiger partial charge in [-0.25, -0.2) is 0 Å². The van der Waals surface area contributed by atoms with E-state index in [4.69, 9.17) is 34.8 Å². The summed E-state index contributed by atoms with van der Waals surface area (Å²) >= 11 is 20.3. The summed E-state index contributed by atoms with van der Waals surface area (Å²) in [7, 11) is 0. The molecule has 3 aromatic rings. The third kappa shape index (κ3) is 3.97. The molecule has 1 fully saturated rings. The smallest absolute Gasteiger partial charge is 0.267 e. The van der Waals surface area contributed by atoms with Gasteiger partial charge < -0.3 is 10.2 Å². The van der Waals surface area contributed by atoms with Crippen LogP contribution in [0.25, 0.3) is 10.1 Å². The number of carbonyl (C=O) groups is 1. The number of carbonyl (C=O) groups excluding carboxylic acids is 1. The minimum absolute atomic E-state index is 0.252. The fourth-order valence-corrected chi connectivity index (χ4v) is 5.45. The summed E-state index contributed by atoms with van der Waals surface area (Å²) in [5.74, 6) is 0.507. The molecule has 3 nitrogen and oxygen atoms in total. The first-order valence-electron chi connectivity index (χ1n) is 9.16. The lowest BCUT2D eigenvalue weighted by atomic mass is 9.99. The molecule has 1 aliphatic heterocycles. The van der Waals surface area contributed by atoms with Gasteiger partial charge in [-0.1, -0.05) is 47.8 Å². The second-order valence-electron chi connectivity index (χ2n) is 7.18. The normalized spacial score (nSPS) is 15.2. The summed E-state index contributed by atoms with van der Waals surface area (Å²) in [6, 6.07) is 11.1. The second kappa shape index (κ2) is 8.11. The van der Waals surface area contributed by atoms with Crippen molar-refractivity contribution >= 4 is 73.5 Å². The summed E-state index contributed by atoms with van der Waals surface area (Å²) in [5, 5.41) is 5.43. The molecule has 28 heavy (non-hydrogen) atoms. The van der Waals surface area contributed by atoms with Crippen LogP contribution in [0.15, 0.2) is 36.4 Å². The first kappa shape index (κ1) is 19.8. The van der Waals surface area contributed by atoms with Gasteiger partial charge in [0.05, 0.1) is 15.7 Å². The van der Waals surface area contributed by atoms with Gasteiger partial charge in [0.2, 0.25) is 0 Å². The Kier molecular flexibility index (Phi) is 5.75. The number of hydrogen-bond acceptors (Lipinski definition) is 3. The van der Waals surface area contributed by atoms with Gasteiger partial charge in [-0.3, -0.25) is 4.79 Å². The molecule has 7 heteroatoms. The Labute approximate surface area is 183 Å². The van der Waals surface area contributed by atoms with Crippen LogP contribution in [0.4, 0.5) is 11.4 Å². The van der Waals surface area contributed by atoms with E-state index >= 15 is 0 Å². The molecule has 1 aromatic heterocycles.